The van der Waals surface area contributed by atoms with Crippen LogP contribution in [-0.4, -0.2) is 31.9 Å². The van der Waals surface area contributed by atoms with Crippen LogP contribution in [0.3, 0.4) is 0 Å². The molecule has 0 aromatic heterocycles. The molecule has 134 valence electrons. The summed E-state index contributed by atoms with van der Waals surface area (Å²) in [6.07, 6.45) is 5.09. The van der Waals surface area contributed by atoms with Crippen molar-refractivity contribution in [2.75, 3.05) is 6.54 Å². The first kappa shape index (κ1) is 17.6. The van der Waals surface area contributed by atoms with Gasteiger partial charge in [0, 0.05) is 6.54 Å². The molecule has 1 fully saturated rings. The number of primary sulfonamides is 1. The number of sulfonamides is 1. The summed E-state index contributed by atoms with van der Waals surface area (Å²) in [6.45, 7) is 0.359. The molecule has 4 atom stereocenters. The van der Waals surface area contributed by atoms with Gasteiger partial charge in [0.25, 0.3) is 0 Å². The van der Waals surface area contributed by atoms with E-state index in [1.807, 2.05) is 12.2 Å². The second kappa shape index (κ2) is 6.61. The molecule has 1 aromatic carbocycles. The lowest BCUT2D eigenvalue weighted by Crippen LogP contribution is -2.40. The van der Waals surface area contributed by atoms with Crippen LogP contribution in [0.5, 0.6) is 0 Å². The number of carbonyl (C=O) groups excluding carboxylic acids is 1. The van der Waals surface area contributed by atoms with Crippen molar-refractivity contribution in [1.82, 2.24) is 5.32 Å². The second-order valence-corrected chi connectivity index (χ2v) is 8.13. The van der Waals surface area contributed by atoms with E-state index < -0.39 is 27.8 Å². The first-order chi connectivity index (χ1) is 11.8. The number of benzene rings is 1. The monoisotopic (exact) mass is 364 g/mol. The van der Waals surface area contributed by atoms with E-state index in [1.54, 1.807) is 12.1 Å². The number of aliphatic carboxylic acids is 1. The zero-order valence-corrected chi connectivity index (χ0v) is 14.3. The van der Waals surface area contributed by atoms with Crippen LogP contribution < -0.4 is 10.5 Å². The van der Waals surface area contributed by atoms with Crippen molar-refractivity contribution >= 4 is 21.9 Å². The molecule has 0 heterocycles. The van der Waals surface area contributed by atoms with Gasteiger partial charge in [0.2, 0.25) is 15.9 Å². The topological polar surface area (TPSA) is 127 Å². The van der Waals surface area contributed by atoms with Crippen molar-refractivity contribution in [1.29, 1.82) is 0 Å². The molecule has 0 aliphatic heterocycles. The molecular weight excluding hydrogens is 344 g/mol. The summed E-state index contributed by atoms with van der Waals surface area (Å²) in [5.41, 5.74) is 0.857. The summed E-state index contributed by atoms with van der Waals surface area (Å²) in [7, 11) is -3.72. The highest BCUT2D eigenvalue weighted by Crippen LogP contribution is 2.48. The Kier molecular flexibility index (Phi) is 4.66. The van der Waals surface area contributed by atoms with Crippen LogP contribution in [0.15, 0.2) is 41.3 Å². The van der Waals surface area contributed by atoms with Crippen molar-refractivity contribution in [3.63, 3.8) is 0 Å². The number of hydrogen-bond acceptors (Lipinski definition) is 4. The van der Waals surface area contributed by atoms with Crippen molar-refractivity contribution < 1.29 is 23.1 Å². The van der Waals surface area contributed by atoms with E-state index in [1.165, 1.54) is 12.1 Å². The van der Waals surface area contributed by atoms with Gasteiger partial charge in [-0.3, -0.25) is 9.59 Å². The number of allylic oxidation sites excluding steroid dienone is 2. The molecule has 25 heavy (non-hydrogen) atoms. The summed E-state index contributed by atoms with van der Waals surface area (Å²) >= 11 is 0. The van der Waals surface area contributed by atoms with Crippen LogP contribution >= 0.6 is 0 Å². The minimum atomic E-state index is -3.72. The molecular formula is C17H20N2O5S. The van der Waals surface area contributed by atoms with Crippen LogP contribution in [0.25, 0.3) is 0 Å². The zero-order valence-electron chi connectivity index (χ0n) is 13.5. The van der Waals surface area contributed by atoms with Crippen molar-refractivity contribution in [3.05, 3.63) is 42.0 Å². The number of nitrogens with one attached hydrogen (secondary N) is 1. The van der Waals surface area contributed by atoms with Crippen molar-refractivity contribution in [2.45, 2.75) is 17.7 Å². The first-order valence-corrected chi connectivity index (χ1v) is 9.62. The van der Waals surface area contributed by atoms with Crippen LogP contribution in [0.2, 0.25) is 0 Å². The third-order valence-electron chi connectivity index (χ3n) is 5.01. The van der Waals surface area contributed by atoms with Gasteiger partial charge in [0.1, 0.15) is 0 Å². The molecule has 2 aliphatic carbocycles. The lowest BCUT2D eigenvalue weighted by Gasteiger charge is -2.23. The fourth-order valence-electron chi connectivity index (χ4n) is 3.81. The van der Waals surface area contributed by atoms with Gasteiger partial charge in [-0.2, -0.15) is 0 Å². The molecule has 0 radical (unpaired) electrons. The molecule has 1 amide bonds. The summed E-state index contributed by atoms with van der Waals surface area (Å²) in [5, 5.41) is 17.2. The third kappa shape index (κ3) is 3.59. The van der Waals surface area contributed by atoms with E-state index in [4.69, 9.17) is 5.14 Å². The molecule has 0 unspecified atom stereocenters. The smallest absolute Gasteiger partial charge is 0.307 e. The Morgan fingerprint density at radius 2 is 1.72 bits per heavy atom. The average molecular weight is 364 g/mol. The number of carbonyl (C=O) groups is 2. The van der Waals surface area contributed by atoms with E-state index in [0.29, 0.717) is 13.0 Å². The minimum absolute atomic E-state index is 0.000134. The van der Waals surface area contributed by atoms with E-state index in [0.717, 1.165) is 12.0 Å². The maximum Gasteiger partial charge on any atom is 0.307 e. The van der Waals surface area contributed by atoms with Gasteiger partial charge < -0.3 is 10.4 Å². The molecule has 3 rings (SSSR count). The van der Waals surface area contributed by atoms with Crippen LogP contribution in [0, 0.1) is 23.7 Å². The molecule has 1 aromatic rings. The number of carboxylic acids is 1. The fourth-order valence-corrected chi connectivity index (χ4v) is 4.33. The van der Waals surface area contributed by atoms with Gasteiger partial charge in [-0.1, -0.05) is 24.3 Å². The van der Waals surface area contributed by atoms with Crippen LogP contribution in [0.4, 0.5) is 0 Å². The van der Waals surface area contributed by atoms with Gasteiger partial charge in [0.05, 0.1) is 16.7 Å². The zero-order chi connectivity index (χ0) is 18.2. The Morgan fingerprint density at radius 1 is 1.12 bits per heavy atom. The van der Waals surface area contributed by atoms with E-state index in [9.17, 15) is 23.1 Å². The fraction of sp³-hybridized carbons (Fsp3) is 0.412. The molecule has 4 N–H and O–H groups in total. The Hall–Kier alpha value is -2.19. The second-order valence-electron chi connectivity index (χ2n) is 6.57. The van der Waals surface area contributed by atoms with Gasteiger partial charge >= 0.3 is 5.97 Å². The number of fused-ring (bicyclic) bond motifs is 2. The lowest BCUT2D eigenvalue weighted by atomic mass is 9.82. The lowest BCUT2D eigenvalue weighted by molar-refractivity contribution is -0.147. The number of amides is 1. The molecule has 0 saturated heterocycles. The molecule has 1 saturated carbocycles. The highest BCUT2D eigenvalue weighted by atomic mass is 32.2. The maximum absolute atomic E-state index is 12.4. The number of nitrogens with two attached hydrogens (primary N) is 1. The Morgan fingerprint density at radius 3 is 2.28 bits per heavy atom. The number of carboxylic acid groups (broad SMARTS) is 1. The first-order valence-electron chi connectivity index (χ1n) is 8.08. The summed E-state index contributed by atoms with van der Waals surface area (Å²) in [6, 6.07) is 6.14. The van der Waals surface area contributed by atoms with Gasteiger partial charge in [-0.15, -0.1) is 0 Å². The Labute approximate surface area is 146 Å². The summed E-state index contributed by atoms with van der Waals surface area (Å²) in [4.78, 5) is 23.9. The van der Waals surface area contributed by atoms with E-state index in [2.05, 4.69) is 5.32 Å². The van der Waals surface area contributed by atoms with E-state index >= 15 is 0 Å². The van der Waals surface area contributed by atoms with Crippen molar-refractivity contribution in [3.8, 4) is 0 Å². The van der Waals surface area contributed by atoms with Gasteiger partial charge in [-0.25, -0.2) is 13.6 Å². The Bertz CT molecular complexity index is 816. The molecule has 2 aliphatic rings. The normalized spacial score (nSPS) is 27.4. The SMILES string of the molecule is NS(=O)(=O)c1ccc(CCNC(=O)[C@@H]2[C@@H](C(=O)O)[C@H]3C=C[C@@H]2C3)cc1. The Balaban J connectivity index is 1.56. The van der Waals surface area contributed by atoms with Crippen LogP contribution in [-0.2, 0) is 26.0 Å². The predicted molar refractivity (Wildman–Crippen MR) is 89.9 cm³/mol. The molecule has 2 bridgehead atoms. The van der Waals surface area contributed by atoms with Gasteiger partial charge in [-0.05, 0) is 42.4 Å². The van der Waals surface area contributed by atoms with Gasteiger partial charge in [0.15, 0.2) is 0 Å². The highest BCUT2D eigenvalue weighted by Gasteiger charge is 2.51. The highest BCUT2D eigenvalue weighted by molar-refractivity contribution is 7.89. The number of rotatable bonds is 6. The van der Waals surface area contributed by atoms with Crippen molar-refractivity contribution in [2.24, 2.45) is 28.8 Å². The third-order valence-corrected chi connectivity index (χ3v) is 5.94. The predicted octanol–water partition coefficient (Wildman–Crippen LogP) is 0.516. The molecule has 7 nitrogen and oxygen atoms in total. The largest absolute Gasteiger partial charge is 0.481 e. The maximum atomic E-state index is 12.4. The molecule has 0 spiro atoms. The van der Waals surface area contributed by atoms with Crippen LogP contribution in [0.1, 0.15) is 12.0 Å². The quantitative estimate of drug-likeness (QED) is 0.634. The minimum Gasteiger partial charge on any atom is -0.481 e. The summed E-state index contributed by atoms with van der Waals surface area (Å²) < 4.78 is 22.4. The standard InChI is InChI=1S/C17H20N2O5S/c18-25(23,24)13-5-1-10(2-6-13)7-8-19-16(20)14-11-3-4-12(9-11)15(14)17(21)22/h1-6,11-12,14-15H,7-9H2,(H,19,20)(H,21,22)(H2,18,23,24)/t11-,12+,14+,15+/m1/s1. The van der Waals surface area contributed by atoms with E-state index in [-0.39, 0.29) is 22.6 Å². The summed E-state index contributed by atoms with van der Waals surface area (Å²) in [5.74, 6) is -2.37. The molecule has 8 heteroatoms. The average Bonchev–Trinajstić information content (AvgIpc) is 3.15. The number of hydrogen-bond donors (Lipinski definition) is 3.